The fourth-order valence-electron chi connectivity index (χ4n) is 6.19. The number of hydrogen-bond donors (Lipinski definition) is 6. The normalized spacial score (nSPS) is 13.5. The molecule has 6 N–H and O–H groups in total. The highest BCUT2D eigenvalue weighted by atomic mass is 31.2. The summed E-state index contributed by atoms with van der Waals surface area (Å²) >= 11 is 0. The molecule has 0 aliphatic heterocycles. The first-order valence-corrected chi connectivity index (χ1v) is 21.9. The first kappa shape index (κ1) is 50.4. The molecule has 0 saturated carbocycles. The van der Waals surface area contributed by atoms with E-state index in [4.69, 9.17) is 19.2 Å². The highest BCUT2D eigenvalue weighted by Gasteiger charge is 2.33. The Morgan fingerprint density at radius 2 is 0.551 bits per heavy atom. The van der Waals surface area contributed by atoms with Crippen molar-refractivity contribution in [1.29, 1.82) is 0 Å². The fourth-order valence-corrected chi connectivity index (χ4v) is 6.19. The van der Waals surface area contributed by atoms with Crippen LogP contribution in [0, 0.1) is 0 Å². The predicted molar refractivity (Wildman–Crippen MR) is 201 cm³/mol. The summed E-state index contributed by atoms with van der Waals surface area (Å²) in [6.07, 6.45) is 32.5. The van der Waals surface area contributed by atoms with E-state index in [1.165, 1.54) is 154 Å². The molecule has 0 bridgehead atoms. The molecule has 0 saturated heterocycles. The molecule has 2 atom stereocenters. The van der Waals surface area contributed by atoms with E-state index >= 15 is 0 Å². The number of aliphatic hydroxyl groups excluding tert-OH is 3. The first-order valence-electron chi connectivity index (χ1n) is 20.3. The number of carbonyl (C=O) groups excluding carboxylic acids is 2. The van der Waals surface area contributed by atoms with Gasteiger partial charge in [0.05, 0.1) is 0 Å². The van der Waals surface area contributed by atoms with Gasteiger partial charge in [-0.3, -0.25) is 9.59 Å². The quantitative estimate of drug-likeness (QED) is 0.0272. The van der Waals surface area contributed by atoms with E-state index in [-0.39, 0.29) is 12.8 Å². The van der Waals surface area contributed by atoms with Crippen LogP contribution in [0.5, 0.6) is 0 Å². The lowest BCUT2D eigenvalue weighted by molar-refractivity contribution is -0.146. The summed E-state index contributed by atoms with van der Waals surface area (Å²) in [5.41, 5.74) is 0. The topological polar surface area (TPSA) is 173 Å². The number of rotatable bonds is 36. The van der Waals surface area contributed by atoms with Crippen molar-refractivity contribution >= 4 is 19.4 Å². The molecule has 2 unspecified atom stereocenters. The van der Waals surface area contributed by atoms with Gasteiger partial charge in [0.2, 0.25) is 0 Å². The Kier molecular flexibility index (Phi) is 38.2. The molecule has 10 heteroatoms. The molecule has 0 rings (SSSR count). The lowest BCUT2D eigenvalue weighted by Gasteiger charge is -2.21. The zero-order valence-electron chi connectivity index (χ0n) is 31.7. The Bertz CT molecular complexity index is 713. The van der Waals surface area contributed by atoms with Crippen LogP contribution in [0.3, 0.4) is 0 Å². The highest BCUT2D eigenvalue weighted by Crippen LogP contribution is 2.26. The summed E-state index contributed by atoms with van der Waals surface area (Å²) in [6, 6.07) is 0. The van der Waals surface area contributed by atoms with Gasteiger partial charge in [-0.05, 0) is 12.8 Å². The SMILES string of the molecule is CCCCCCCCCCCCCCCCCC(=O)C(O)C(O)C(O)C(=O)CCCCCCCCCCCCCCCCC.O=P(O)(O)O. The van der Waals surface area contributed by atoms with Crippen molar-refractivity contribution in [2.24, 2.45) is 0 Å². The molecule has 0 radical (unpaired) electrons. The van der Waals surface area contributed by atoms with Crippen LogP contribution in [0.15, 0.2) is 0 Å². The van der Waals surface area contributed by atoms with Gasteiger partial charge in [0, 0.05) is 12.8 Å². The van der Waals surface area contributed by atoms with E-state index in [2.05, 4.69) is 13.8 Å². The van der Waals surface area contributed by atoms with Gasteiger partial charge < -0.3 is 30.0 Å². The molecule has 0 aliphatic rings. The van der Waals surface area contributed by atoms with Gasteiger partial charge in [-0.1, -0.05) is 194 Å². The summed E-state index contributed by atoms with van der Waals surface area (Å²) in [6.45, 7) is 4.52. The Hall–Kier alpha value is -0.670. The van der Waals surface area contributed by atoms with E-state index < -0.39 is 37.7 Å². The van der Waals surface area contributed by atoms with Crippen LogP contribution >= 0.6 is 7.82 Å². The minimum absolute atomic E-state index is 0.177. The summed E-state index contributed by atoms with van der Waals surface area (Å²) in [7, 11) is -4.64. The Morgan fingerprint density at radius 1 is 0.388 bits per heavy atom. The van der Waals surface area contributed by atoms with E-state index in [0.29, 0.717) is 12.8 Å². The maximum Gasteiger partial charge on any atom is 0.466 e. The van der Waals surface area contributed by atoms with Crippen LogP contribution in [0.2, 0.25) is 0 Å². The third-order valence-electron chi connectivity index (χ3n) is 9.36. The van der Waals surface area contributed by atoms with Crippen molar-refractivity contribution in [2.75, 3.05) is 0 Å². The second kappa shape index (κ2) is 37.1. The monoisotopic (exact) mass is 723 g/mol. The van der Waals surface area contributed by atoms with E-state index in [9.17, 15) is 24.9 Å². The minimum atomic E-state index is -4.64. The third-order valence-corrected chi connectivity index (χ3v) is 9.36. The lowest BCUT2D eigenvalue weighted by atomic mass is 9.95. The molecule has 0 spiro atoms. The Labute approximate surface area is 300 Å². The minimum Gasteiger partial charge on any atom is -0.387 e. The van der Waals surface area contributed by atoms with Crippen molar-refractivity contribution in [3.63, 3.8) is 0 Å². The van der Waals surface area contributed by atoms with Gasteiger partial charge in [0.1, 0.15) is 18.3 Å². The van der Waals surface area contributed by atoms with Gasteiger partial charge in [-0.2, -0.15) is 0 Å². The number of carbonyl (C=O) groups is 2. The molecular weight excluding hydrogens is 643 g/mol. The molecule has 0 aromatic heterocycles. The second-order valence-corrected chi connectivity index (χ2v) is 15.3. The molecule has 0 heterocycles. The fraction of sp³-hybridized carbons (Fsp3) is 0.949. The summed E-state index contributed by atoms with van der Waals surface area (Å²) in [5, 5.41) is 30.7. The van der Waals surface area contributed by atoms with Crippen molar-refractivity contribution in [3.05, 3.63) is 0 Å². The third kappa shape index (κ3) is 40.0. The maximum absolute atomic E-state index is 12.3. The molecular formula is C39H79O9P. The van der Waals surface area contributed by atoms with Crippen LogP contribution in [-0.2, 0) is 14.2 Å². The van der Waals surface area contributed by atoms with Crippen LogP contribution in [0.25, 0.3) is 0 Å². The van der Waals surface area contributed by atoms with Crippen molar-refractivity contribution < 1.29 is 44.2 Å². The molecule has 0 aliphatic carbocycles. The average Bonchev–Trinajstić information content (AvgIpc) is 3.06. The maximum atomic E-state index is 12.3. The van der Waals surface area contributed by atoms with Gasteiger partial charge >= 0.3 is 7.82 Å². The number of phosphoric acid groups is 1. The van der Waals surface area contributed by atoms with Crippen LogP contribution in [0.4, 0.5) is 0 Å². The van der Waals surface area contributed by atoms with E-state index in [0.717, 1.165) is 25.7 Å². The van der Waals surface area contributed by atoms with Crippen molar-refractivity contribution in [2.45, 2.75) is 238 Å². The largest absolute Gasteiger partial charge is 0.466 e. The average molecular weight is 723 g/mol. The van der Waals surface area contributed by atoms with Gasteiger partial charge in [0.25, 0.3) is 0 Å². The zero-order valence-corrected chi connectivity index (χ0v) is 32.6. The van der Waals surface area contributed by atoms with Crippen LogP contribution in [-0.4, -0.2) is 59.9 Å². The Morgan fingerprint density at radius 3 is 0.735 bits per heavy atom. The summed E-state index contributed by atoms with van der Waals surface area (Å²) in [4.78, 5) is 46.2. The summed E-state index contributed by atoms with van der Waals surface area (Å²) < 4.78 is 8.88. The first-order chi connectivity index (χ1) is 23.5. The predicted octanol–water partition coefficient (Wildman–Crippen LogP) is 9.80. The molecule has 0 aromatic carbocycles. The highest BCUT2D eigenvalue weighted by molar-refractivity contribution is 7.45. The van der Waals surface area contributed by atoms with Gasteiger partial charge in [-0.25, -0.2) is 4.57 Å². The number of Topliss-reactive ketones (excluding diaryl/α,β-unsaturated/α-hetero) is 2. The van der Waals surface area contributed by atoms with Crippen molar-refractivity contribution in [3.8, 4) is 0 Å². The van der Waals surface area contributed by atoms with Gasteiger partial charge in [-0.15, -0.1) is 0 Å². The van der Waals surface area contributed by atoms with Crippen LogP contribution < -0.4 is 0 Å². The number of hydrogen-bond acceptors (Lipinski definition) is 6. The smallest absolute Gasteiger partial charge is 0.387 e. The molecule has 294 valence electrons. The molecule has 9 nitrogen and oxygen atoms in total. The molecule has 0 aromatic rings. The zero-order chi connectivity index (χ0) is 37.0. The van der Waals surface area contributed by atoms with E-state index in [1.54, 1.807) is 0 Å². The Balaban J connectivity index is 0. The number of aliphatic hydroxyl groups is 3. The molecule has 0 fully saturated rings. The second-order valence-electron chi connectivity index (χ2n) is 14.2. The molecule has 49 heavy (non-hydrogen) atoms. The number of ketones is 2. The van der Waals surface area contributed by atoms with Gasteiger partial charge in [0.15, 0.2) is 11.6 Å². The standard InChI is InChI=1S/C39H76O5.H3O4P/c1-3-5-7-9-11-13-15-17-19-21-23-25-27-29-31-33-35(40)37(42)39(44)38(43)36(41)34-32-30-28-26-24-22-20-18-16-14-12-10-8-6-4-2;1-5(2,3)4/h37-39,42-44H,3-34H2,1-2H3;(H3,1,2,3,4). The molecule has 0 amide bonds. The lowest BCUT2D eigenvalue weighted by Crippen LogP contribution is -2.45. The van der Waals surface area contributed by atoms with Crippen molar-refractivity contribution in [1.82, 2.24) is 0 Å². The van der Waals surface area contributed by atoms with E-state index in [1.807, 2.05) is 0 Å². The van der Waals surface area contributed by atoms with Crippen LogP contribution in [0.1, 0.15) is 219 Å². The summed E-state index contributed by atoms with van der Waals surface area (Å²) in [5.74, 6) is -0.961. The number of unbranched alkanes of at least 4 members (excludes halogenated alkanes) is 28.